The van der Waals surface area contributed by atoms with Gasteiger partial charge in [-0.15, -0.1) is 0 Å². The van der Waals surface area contributed by atoms with Crippen molar-refractivity contribution >= 4 is 5.97 Å². The topological polar surface area (TPSA) is 61.5 Å². The van der Waals surface area contributed by atoms with Crippen LogP contribution in [-0.4, -0.2) is 18.2 Å². The van der Waals surface area contributed by atoms with Gasteiger partial charge < -0.3 is 15.2 Å². The molecule has 0 aromatic heterocycles. The third-order valence-electron chi connectivity index (χ3n) is 2.59. The molecule has 0 saturated heterocycles. The largest absolute Gasteiger partial charge is 0.494 e. The molecule has 1 aromatic rings. The predicted octanol–water partition coefficient (Wildman–Crippen LogP) is 3.21. The molecule has 1 rings (SSSR count). The van der Waals surface area contributed by atoms with E-state index < -0.39 is 5.60 Å². The number of nitrogens with two attached hydrogens (primary N) is 1. The van der Waals surface area contributed by atoms with E-state index in [1.54, 1.807) is 0 Å². The van der Waals surface area contributed by atoms with Gasteiger partial charge in [-0.1, -0.05) is 19.1 Å². The number of ether oxygens (including phenoxy) is 2. The third-order valence-corrected chi connectivity index (χ3v) is 2.59. The minimum absolute atomic E-state index is 0.173. The summed E-state index contributed by atoms with van der Waals surface area (Å²) in [5.41, 5.74) is 6.45. The van der Waals surface area contributed by atoms with E-state index in [0.29, 0.717) is 6.61 Å². The molecule has 2 N–H and O–H groups in total. The molecule has 0 spiro atoms. The second-order valence-corrected chi connectivity index (χ2v) is 5.81. The summed E-state index contributed by atoms with van der Waals surface area (Å²) in [5.74, 6) is 0.538. The Hall–Kier alpha value is -1.55. The molecule has 0 saturated carbocycles. The van der Waals surface area contributed by atoms with E-state index in [9.17, 15) is 4.79 Å². The van der Waals surface area contributed by atoms with Crippen LogP contribution in [0.5, 0.6) is 5.75 Å². The van der Waals surface area contributed by atoms with Gasteiger partial charge in [-0.3, -0.25) is 4.79 Å². The molecule has 1 unspecified atom stereocenters. The van der Waals surface area contributed by atoms with Crippen molar-refractivity contribution in [2.24, 2.45) is 5.73 Å². The van der Waals surface area contributed by atoms with Crippen LogP contribution in [0.15, 0.2) is 24.3 Å². The maximum Gasteiger partial charge on any atom is 0.308 e. The highest BCUT2D eigenvalue weighted by molar-refractivity contribution is 5.70. The Balaban J connectivity index is 2.55. The minimum atomic E-state index is -0.478. The fourth-order valence-electron chi connectivity index (χ4n) is 1.71. The Morgan fingerprint density at radius 2 is 1.85 bits per heavy atom. The van der Waals surface area contributed by atoms with Crippen molar-refractivity contribution in [2.45, 2.75) is 52.2 Å². The molecule has 4 nitrogen and oxygen atoms in total. The zero-order valence-electron chi connectivity index (χ0n) is 12.8. The van der Waals surface area contributed by atoms with Gasteiger partial charge in [0.05, 0.1) is 13.0 Å². The van der Waals surface area contributed by atoms with E-state index in [-0.39, 0.29) is 18.4 Å². The van der Waals surface area contributed by atoms with Gasteiger partial charge in [0, 0.05) is 6.04 Å². The number of hydrogen-bond acceptors (Lipinski definition) is 4. The van der Waals surface area contributed by atoms with E-state index in [2.05, 4.69) is 6.92 Å². The Labute approximate surface area is 121 Å². The van der Waals surface area contributed by atoms with E-state index in [1.807, 2.05) is 45.0 Å². The quantitative estimate of drug-likeness (QED) is 0.812. The zero-order chi connectivity index (χ0) is 15.2. The van der Waals surface area contributed by atoms with Gasteiger partial charge in [0.25, 0.3) is 0 Å². The van der Waals surface area contributed by atoms with Gasteiger partial charge in [-0.2, -0.15) is 0 Å². The molecule has 1 aromatic carbocycles. The highest BCUT2D eigenvalue weighted by atomic mass is 16.6. The molecule has 112 valence electrons. The summed E-state index contributed by atoms with van der Waals surface area (Å²) >= 11 is 0. The maximum atomic E-state index is 11.7. The minimum Gasteiger partial charge on any atom is -0.494 e. The van der Waals surface area contributed by atoms with Crippen molar-refractivity contribution < 1.29 is 14.3 Å². The van der Waals surface area contributed by atoms with Crippen molar-refractivity contribution in [3.05, 3.63) is 29.8 Å². The van der Waals surface area contributed by atoms with Crippen molar-refractivity contribution in [1.82, 2.24) is 0 Å². The molecular formula is C16H25NO3. The molecule has 0 amide bonds. The Bertz CT molecular complexity index is 420. The molecule has 0 heterocycles. The van der Waals surface area contributed by atoms with Crippen LogP contribution >= 0.6 is 0 Å². The average molecular weight is 279 g/mol. The lowest BCUT2D eigenvalue weighted by molar-refractivity contribution is -0.155. The first-order chi connectivity index (χ1) is 9.31. The molecular weight excluding hydrogens is 254 g/mol. The van der Waals surface area contributed by atoms with Crippen LogP contribution < -0.4 is 10.5 Å². The lowest BCUT2D eigenvalue weighted by Gasteiger charge is -2.21. The van der Waals surface area contributed by atoms with Crippen LogP contribution in [0.25, 0.3) is 0 Å². The van der Waals surface area contributed by atoms with Crippen LogP contribution in [0.4, 0.5) is 0 Å². The average Bonchev–Trinajstić information content (AvgIpc) is 2.34. The number of carbonyl (C=O) groups is 1. The maximum absolute atomic E-state index is 11.7. The van der Waals surface area contributed by atoms with Crippen molar-refractivity contribution in [2.75, 3.05) is 6.61 Å². The van der Waals surface area contributed by atoms with Crippen LogP contribution in [0.2, 0.25) is 0 Å². The smallest absolute Gasteiger partial charge is 0.308 e. The number of hydrogen-bond donors (Lipinski definition) is 1. The summed E-state index contributed by atoms with van der Waals surface area (Å²) < 4.78 is 10.8. The number of rotatable bonds is 6. The van der Waals surface area contributed by atoms with Crippen molar-refractivity contribution in [3.63, 3.8) is 0 Å². The standard InChI is InChI=1S/C16H25NO3/c1-5-10-19-13-8-6-12(7-9-13)14(17)11-15(18)20-16(2,3)4/h6-9,14H,5,10-11,17H2,1-4H3. The second kappa shape index (κ2) is 7.29. The van der Waals surface area contributed by atoms with E-state index >= 15 is 0 Å². The van der Waals surface area contributed by atoms with E-state index in [1.165, 1.54) is 0 Å². The number of carbonyl (C=O) groups excluding carboxylic acids is 1. The number of benzene rings is 1. The monoisotopic (exact) mass is 279 g/mol. The number of esters is 1. The second-order valence-electron chi connectivity index (χ2n) is 5.81. The summed E-state index contributed by atoms with van der Waals surface area (Å²) in [6.07, 6.45) is 1.15. The fourth-order valence-corrected chi connectivity index (χ4v) is 1.71. The molecule has 0 fully saturated rings. The Morgan fingerprint density at radius 1 is 1.25 bits per heavy atom. The third kappa shape index (κ3) is 6.06. The predicted molar refractivity (Wildman–Crippen MR) is 79.6 cm³/mol. The van der Waals surface area contributed by atoms with Gasteiger partial charge in [0.2, 0.25) is 0 Å². The highest BCUT2D eigenvalue weighted by Crippen LogP contribution is 2.20. The normalized spacial score (nSPS) is 12.8. The van der Waals surface area contributed by atoms with Crippen molar-refractivity contribution in [1.29, 1.82) is 0 Å². The summed E-state index contributed by atoms with van der Waals surface area (Å²) in [7, 11) is 0. The Morgan fingerprint density at radius 3 is 2.35 bits per heavy atom. The molecule has 0 bridgehead atoms. The lowest BCUT2D eigenvalue weighted by Crippen LogP contribution is -2.26. The van der Waals surface area contributed by atoms with E-state index in [0.717, 1.165) is 17.7 Å². The van der Waals surface area contributed by atoms with Gasteiger partial charge in [0.1, 0.15) is 11.4 Å². The van der Waals surface area contributed by atoms with Gasteiger partial charge in [-0.25, -0.2) is 0 Å². The zero-order valence-corrected chi connectivity index (χ0v) is 12.8. The first-order valence-electron chi connectivity index (χ1n) is 7.02. The van der Waals surface area contributed by atoms with Crippen LogP contribution in [0, 0.1) is 0 Å². The highest BCUT2D eigenvalue weighted by Gasteiger charge is 2.19. The van der Waals surface area contributed by atoms with Crippen LogP contribution in [0.1, 0.15) is 52.1 Å². The molecule has 0 radical (unpaired) electrons. The fraction of sp³-hybridized carbons (Fsp3) is 0.562. The van der Waals surface area contributed by atoms with E-state index in [4.69, 9.17) is 15.2 Å². The molecule has 1 atom stereocenters. The summed E-state index contributed by atoms with van der Waals surface area (Å²) in [4.78, 5) is 11.7. The lowest BCUT2D eigenvalue weighted by atomic mass is 10.0. The molecule has 0 aliphatic rings. The SMILES string of the molecule is CCCOc1ccc(C(N)CC(=O)OC(C)(C)C)cc1. The van der Waals surface area contributed by atoms with Crippen molar-refractivity contribution in [3.8, 4) is 5.75 Å². The molecule has 20 heavy (non-hydrogen) atoms. The van der Waals surface area contributed by atoms with Gasteiger partial charge >= 0.3 is 5.97 Å². The summed E-state index contributed by atoms with van der Waals surface area (Å²) in [6.45, 7) is 8.29. The first-order valence-corrected chi connectivity index (χ1v) is 7.02. The summed E-state index contributed by atoms with van der Waals surface area (Å²) in [6, 6.07) is 7.17. The molecule has 0 aliphatic heterocycles. The molecule has 0 aliphatic carbocycles. The molecule has 4 heteroatoms. The van der Waals surface area contributed by atoms with Crippen LogP contribution in [0.3, 0.4) is 0 Å². The Kier molecular flexibility index (Phi) is 6.02. The van der Waals surface area contributed by atoms with Gasteiger partial charge in [0.15, 0.2) is 0 Å². The summed E-state index contributed by atoms with van der Waals surface area (Å²) in [5, 5.41) is 0. The van der Waals surface area contributed by atoms with Crippen LogP contribution in [-0.2, 0) is 9.53 Å². The van der Waals surface area contributed by atoms with Gasteiger partial charge in [-0.05, 0) is 44.9 Å². The first kappa shape index (κ1) is 16.5.